The number of hydrogen-bond acceptors (Lipinski definition) is 3. The summed E-state index contributed by atoms with van der Waals surface area (Å²) in [5.41, 5.74) is 2.32. The Kier molecular flexibility index (Phi) is 6.37. The van der Waals surface area contributed by atoms with Crippen molar-refractivity contribution in [2.24, 2.45) is 0 Å². The Hall–Kier alpha value is -3.12. The molecule has 0 radical (unpaired) electrons. The summed E-state index contributed by atoms with van der Waals surface area (Å²) >= 11 is 0. The van der Waals surface area contributed by atoms with Crippen molar-refractivity contribution in [3.63, 3.8) is 0 Å². The van der Waals surface area contributed by atoms with Gasteiger partial charge in [-0.3, -0.25) is 9.59 Å². The first-order chi connectivity index (χ1) is 15.2. The molecule has 2 amide bonds. The molecule has 0 bridgehead atoms. The second-order valence-electron chi connectivity index (χ2n) is 7.84. The van der Waals surface area contributed by atoms with Gasteiger partial charge in [-0.05, 0) is 18.9 Å². The van der Waals surface area contributed by atoms with E-state index >= 15 is 0 Å². The van der Waals surface area contributed by atoms with Gasteiger partial charge in [0.1, 0.15) is 11.4 Å². The van der Waals surface area contributed by atoms with Gasteiger partial charge in [0.2, 0.25) is 0 Å². The molecular weight excluding hydrogens is 390 g/mol. The van der Waals surface area contributed by atoms with Crippen LogP contribution < -0.4 is 0 Å². The lowest BCUT2D eigenvalue weighted by atomic mass is 10.1. The van der Waals surface area contributed by atoms with Gasteiger partial charge in [-0.1, -0.05) is 54.6 Å². The minimum atomic E-state index is -0.0352. The SMILES string of the molecule is CCN(Cc1ccccc1)C(=O)c1c2ccccc2c2n1CCCN(CCOC)C2=O. The van der Waals surface area contributed by atoms with Crippen LogP contribution in [0.5, 0.6) is 0 Å². The maximum atomic E-state index is 13.8. The van der Waals surface area contributed by atoms with Crippen LogP contribution in [0.25, 0.3) is 10.8 Å². The molecule has 1 aromatic heterocycles. The maximum Gasteiger partial charge on any atom is 0.271 e. The Morgan fingerprint density at radius 2 is 1.74 bits per heavy atom. The molecule has 4 rings (SSSR count). The summed E-state index contributed by atoms with van der Waals surface area (Å²) in [4.78, 5) is 30.9. The zero-order chi connectivity index (χ0) is 21.8. The van der Waals surface area contributed by atoms with E-state index in [0.29, 0.717) is 50.7 Å². The number of ether oxygens (including phenoxy) is 1. The minimum absolute atomic E-state index is 0.0316. The van der Waals surface area contributed by atoms with Crippen LogP contribution in [-0.4, -0.2) is 59.5 Å². The number of carbonyl (C=O) groups excluding carboxylic acids is 2. The Labute approximate surface area is 183 Å². The Morgan fingerprint density at radius 1 is 1.03 bits per heavy atom. The van der Waals surface area contributed by atoms with Crippen molar-refractivity contribution in [2.45, 2.75) is 26.4 Å². The third kappa shape index (κ3) is 4.08. The first kappa shape index (κ1) is 21.1. The van der Waals surface area contributed by atoms with Gasteiger partial charge in [-0.2, -0.15) is 0 Å². The second-order valence-corrected chi connectivity index (χ2v) is 7.84. The number of nitrogens with zero attached hydrogens (tertiary/aromatic N) is 3. The number of aromatic nitrogens is 1. The van der Waals surface area contributed by atoms with E-state index in [2.05, 4.69) is 0 Å². The molecule has 0 saturated carbocycles. The smallest absolute Gasteiger partial charge is 0.271 e. The fraction of sp³-hybridized carbons (Fsp3) is 0.360. The molecule has 0 aliphatic carbocycles. The van der Waals surface area contributed by atoms with Crippen molar-refractivity contribution in [1.29, 1.82) is 0 Å². The number of fused-ring (bicyclic) bond motifs is 3. The van der Waals surface area contributed by atoms with Gasteiger partial charge in [-0.15, -0.1) is 0 Å². The van der Waals surface area contributed by atoms with Crippen LogP contribution in [0, 0.1) is 0 Å². The highest BCUT2D eigenvalue weighted by molar-refractivity contribution is 6.14. The minimum Gasteiger partial charge on any atom is -0.383 e. The van der Waals surface area contributed by atoms with Crippen molar-refractivity contribution >= 4 is 22.6 Å². The Balaban J connectivity index is 1.77. The maximum absolute atomic E-state index is 13.8. The summed E-state index contributed by atoms with van der Waals surface area (Å²) in [6.45, 7) is 5.48. The van der Waals surface area contributed by atoms with E-state index in [4.69, 9.17) is 4.74 Å². The number of benzene rings is 2. The first-order valence-electron chi connectivity index (χ1n) is 10.9. The summed E-state index contributed by atoms with van der Waals surface area (Å²) in [6, 6.07) is 17.8. The van der Waals surface area contributed by atoms with Crippen LogP contribution in [-0.2, 0) is 17.8 Å². The van der Waals surface area contributed by atoms with Crippen molar-refractivity contribution in [1.82, 2.24) is 14.4 Å². The zero-order valence-corrected chi connectivity index (χ0v) is 18.2. The van der Waals surface area contributed by atoms with Crippen molar-refractivity contribution < 1.29 is 14.3 Å². The quantitative estimate of drug-likeness (QED) is 0.585. The van der Waals surface area contributed by atoms with Crippen LogP contribution in [0.2, 0.25) is 0 Å². The van der Waals surface area contributed by atoms with E-state index in [1.165, 1.54) is 0 Å². The van der Waals surface area contributed by atoms with E-state index in [1.807, 2.05) is 75.9 Å². The van der Waals surface area contributed by atoms with E-state index in [1.54, 1.807) is 7.11 Å². The highest BCUT2D eigenvalue weighted by Gasteiger charge is 2.31. The third-order valence-electron chi connectivity index (χ3n) is 5.93. The molecular formula is C25H29N3O3. The molecule has 1 aliphatic rings. The predicted molar refractivity (Wildman–Crippen MR) is 121 cm³/mol. The highest BCUT2D eigenvalue weighted by atomic mass is 16.5. The van der Waals surface area contributed by atoms with Crippen LogP contribution in [0.15, 0.2) is 54.6 Å². The predicted octanol–water partition coefficient (Wildman–Crippen LogP) is 3.80. The molecule has 1 aliphatic heterocycles. The standard InChI is InChI=1S/C25H29N3O3/c1-3-26(18-19-10-5-4-6-11-19)24(29)22-20-12-7-8-13-21(20)23-25(30)27(16-17-31-2)14-9-15-28(22)23/h4-8,10-13H,3,9,14-18H2,1-2H3. The average molecular weight is 420 g/mol. The summed E-state index contributed by atoms with van der Waals surface area (Å²) < 4.78 is 7.15. The van der Waals surface area contributed by atoms with E-state index in [0.717, 1.165) is 22.8 Å². The van der Waals surface area contributed by atoms with Crippen molar-refractivity contribution in [3.8, 4) is 0 Å². The van der Waals surface area contributed by atoms with E-state index in [9.17, 15) is 9.59 Å². The van der Waals surface area contributed by atoms with Gasteiger partial charge < -0.3 is 19.1 Å². The molecule has 0 unspecified atom stereocenters. The lowest BCUT2D eigenvalue weighted by Gasteiger charge is -2.22. The normalized spacial score (nSPS) is 13.9. The first-order valence-corrected chi connectivity index (χ1v) is 10.9. The van der Waals surface area contributed by atoms with Crippen LogP contribution in [0.1, 0.15) is 39.9 Å². The van der Waals surface area contributed by atoms with Crippen molar-refractivity contribution in [2.75, 3.05) is 33.4 Å². The summed E-state index contributed by atoms with van der Waals surface area (Å²) in [7, 11) is 1.64. The van der Waals surface area contributed by atoms with E-state index < -0.39 is 0 Å². The molecule has 2 heterocycles. The van der Waals surface area contributed by atoms with Gasteiger partial charge in [0.05, 0.1) is 6.61 Å². The summed E-state index contributed by atoms with van der Waals surface area (Å²) in [6.07, 6.45) is 0.800. The molecule has 31 heavy (non-hydrogen) atoms. The lowest BCUT2D eigenvalue weighted by molar-refractivity contribution is 0.0701. The highest BCUT2D eigenvalue weighted by Crippen LogP contribution is 2.31. The monoisotopic (exact) mass is 419 g/mol. The topological polar surface area (TPSA) is 54.8 Å². The molecule has 0 spiro atoms. The number of hydrogen-bond donors (Lipinski definition) is 0. The molecule has 0 N–H and O–H groups in total. The molecule has 162 valence electrons. The molecule has 3 aromatic rings. The van der Waals surface area contributed by atoms with Crippen LogP contribution in [0.3, 0.4) is 0 Å². The largest absolute Gasteiger partial charge is 0.383 e. The van der Waals surface area contributed by atoms with Crippen molar-refractivity contribution in [3.05, 3.63) is 71.5 Å². The molecule has 6 nitrogen and oxygen atoms in total. The molecule has 2 aromatic carbocycles. The van der Waals surface area contributed by atoms with Gasteiger partial charge in [0, 0.05) is 50.6 Å². The fourth-order valence-electron chi connectivity index (χ4n) is 4.35. The summed E-state index contributed by atoms with van der Waals surface area (Å²) in [5.74, 6) is -0.0668. The molecule has 0 saturated heterocycles. The third-order valence-corrected chi connectivity index (χ3v) is 5.93. The molecule has 6 heteroatoms. The van der Waals surface area contributed by atoms with E-state index in [-0.39, 0.29) is 11.8 Å². The Bertz CT molecular complexity index is 1070. The molecule has 0 fully saturated rings. The lowest BCUT2D eigenvalue weighted by Crippen LogP contribution is -2.34. The van der Waals surface area contributed by atoms with Crippen LogP contribution in [0.4, 0.5) is 0 Å². The Morgan fingerprint density at radius 3 is 2.45 bits per heavy atom. The molecule has 0 atom stereocenters. The summed E-state index contributed by atoms with van der Waals surface area (Å²) in [5, 5.41) is 1.69. The van der Waals surface area contributed by atoms with Crippen LogP contribution >= 0.6 is 0 Å². The number of carbonyl (C=O) groups is 2. The number of rotatable bonds is 7. The average Bonchev–Trinajstić information content (AvgIpc) is 3.04. The van der Waals surface area contributed by atoms with Gasteiger partial charge in [0.25, 0.3) is 11.8 Å². The van der Waals surface area contributed by atoms with Gasteiger partial charge >= 0.3 is 0 Å². The fourth-order valence-corrected chi connectivity index (χ4v) is 4.35. The second kappa shape index (κ2) is 9.35. The van der Waals surface area contributed by atoms with Gasteiger partial charge in [0.15, 0.2) is 0 Å². The number of amides is 2. The number of methoxy groups -OCH3 is 1. The van der Waals surface area contributed by atoms with Gasteiger partial charge in [-0.25, -0.2) is 0 Å². The zero-order valence-electron chi connectivity index (χ0n) is 18.2.